The van der Waals surface area contributed by atoms with Crippen LogP contribution in [0.2, 0.25) is 0 Å². The molecule has 6 heteroatoms. The van der Waals surface area contributed by atoms with Gasteiger partial charge in [0.25, 0.3) is 5.91 Å². The van der Waals surface area contributed by atoms with E-state index in [9.17, 15) is 13.2 Å². The second kappa shape index (κ2) is 6.83. The number of hydrogen-bond donors (Lipinski definition) is 1. The number of methoxy groups -OCH3 is 1. The van der Waals surface area contributed by atoms with E-state index in [1.54, 1.807) is 19.2 Å². The lowest BCUT2D eigenvalue weighted by atomic mass is 10.1. The summed E-state index contributed by atoms with van der Waals surface area (Å²) in [6.45, 7) is 1.82. The number of ether oxygens (including phenoxy) is 1. The highest BCUT2D eigenvalue weighted by Crippen LogP contribution is 2.25. The van der Waals surface area contributed by atoms with E-state index in [0.717, 1.165) is 11.8 Å². The second-order valence-corrected chi connectivity index (χ2v) is 7.19. The quantitative estimate of drug-likeness (QED) is 0.913. The zero-order valence-electron chi connectivity index (χ0n) is 13.2. The maximum atomic E-state index is 12.5. The van der Waals surface area contributed by atoms with E-state index >= 15 is 0 Å². The fourth-order valence-corrected chi connectivity index (χ4v) is 3.24. The van der Waals surface area contributed by atoms with E-state index in [-0.39, 0.29) is 16.5 Å². The number of sulfone groups is 1. The van der Waals surface area contributed by atoms with Gasteiger partial charge in [-0.3, -0.25) is 4.79 Å². The average Bonchev–Trinajstić information content (AvgIpc) is 2.53. The number of carbonyl (C=O) groups is 1. The Labute approximate surface area is 136 Å². The van der Waals surface area contributed by atoms with Crippen molar-refractivity contribution in [1.29, 1.82) is 0 Å². The van der Waals surface area contributed by atoms with Gasteiger partial charge < -0.3 is 10.1 Å². The zero-order chi connectivity index (χ0) is 17.0. The van der Waals surface area contributed by atoms with E-state index in [1.165, 1.54) is 12.1 Å². The Morgan fingerprint density at radius 3 is 2.35 bits per heavy atom. The smallest absolute Gasteiger partial charge is 0.253 e. The number of amides is 1. The first-order chi connectivity index (χ1) is 10.8. The topological polar surface area (TPSA) is 72.5 Å². The minimum absolute atomic E-state index is 0.0183. The number of carbonyl (C=O) groups excluding carboxylic acids is 1. The van der Waals surface area contributed by atoms with Gasteiger partial charge in [-0.2, -0.15) is 0 Å². The molecule has 1 N–H and O–H groups in total. The summed E-state index contributed by atoms with van der Waals surface area (Å²) in [5.74, 6) is 0.223. The van der Waals surface area contributed by atoms with Gasteiger partial charge in [-0.15, -0.1) is 0 Å². The fourth-order valence-electron chi connectivity index (χ4n) is 2.35. The summed E-state index contributed by atoms with van der Waals surface area (Å²) in [7, 11) is -1.92. The van der Waals surface area contributed by atoms with Crippen LogP contribution in [0.25, 0.3) is 0 Å². The summed E-state index contributed by atoms with van der Waals surface area (Å²) in [5, 5.41) is 2.82. The van der Waals surface area contributed by atoms with Gasteiger partial charge in [0.1, 0.15) is 5.75 Å². The van der Waals surface area contributed by atoms with Gasteiger partial charge in [0.2, 0.25) is 0 Å². The highest BCUT2D eigenvalue weighted by atomic mass is 32.2. The molecule has 0 aliphatic carbocycles. The van der Waals surface area contributed by atoms with Crippen LogP contribution in [-0.2, 0) is 9.84 Å². The summed E-state index contributed by atoms with van der Waals surface area (Å²) < 4.78 is 28.9. The molecule has 0 aromatic heterocycles. The van der Waals surface area contributed by atoms with Crippen molar-refractivity contribution in [2.24, 2.45) is 0 Å². The third-order valence-corrected chi connectivity index (χ3v) is 4.64. The van der Waals surface area contributed by atoms with E-state index in [2.05, 4.69) is 5.32 Å². The molecule has 0 saturated carbocycles. The molecule has 0 saturated heterocycles. The molecule has 1 amide bonds. The summed E-state index contributed by atoms with van der Waals surface area (Å²) in [4.78, 5) is 12.5. The molecule has 0 bridgehead atoms. The lowest BCUT2D eigenvalue weighted by Gasteiger charge is -2.18. The molecular formula is C17H19NO4S. The molecule has 0 radical (unpaired) electrons. The minimum Gasteiger partial charge on any atom is -0.496 e. The van der Waals surface area contributed by atoms with Gasteiger partial charge in [0.15, 0.2) is 9.84 Å². The van der Waals surface area contributed by atoms with Crippen molar-refractivity contribution in [1.82, 2.24) is 5.32 Å². The van der Waals surface area contributed by atoms with Crippen LogP contribution in [0.15, 0.2) is 53.4 Å². The number of benzene rings is 2. The third-order valence-electron chi connectivity index (χ3n) is 3.48. The van der Waals surface area contributed by atoms with Crippen LogP contribution in [0.5, 0.6) is 5.75 Å². The number of hydrogen-bond acceptors (Lipinski definition) is 4. The van der Waals surface area contributed by atoms with Crippen LogP contribution in [-0.4, -0.2) is 27.7 Å². The SMILES string of the molecule is COc1ccccc1[C@@H](C)NC(=O)c1ccccc1S(C)(=O)=O. The maximum absolute atomic E-state index is 12.5. The van der Waals surface area contributed by atoms with Gasteiger partial charge in [-0.1, -0.05) is 30.3 Å². The van der Waals surface area contributed by atoms with Crippen LogP contribution in [0.3, 0.4) is 0 Å². The van der Waals surface area contributed by atoms with Crippen molar-refractivity contribution >= 4 is 15.7 Å². The van der Waals surface area contributed by atoms with E-state index < -0.39 is 15.7 Å². The first-order valence-corrected chi connectivity index (χ1v) is 8.96. The molecule has 0 heterocycles. The Bertz CT molecular complexity index is 815. The lowest BCUT2D eigenvalue weighted by molar-refractivity contribution is 0.0936. The Morgan fingerprint density at radius 2 is 1.70 bits per heavy atom. The molecule has 0 spiro atoms. The predicted octanol–water partition coefficient (Wildman–Crippen LogP) is 2.59. The van der Waals surface area contributed by atoms with Gasteiger partial charge in [0, 0.05) is 11.8 Å². The van der Waals surface area contributed by atoms with Crippen LogP contribution in [0.1, 0.15) is 28.9 Å². The molecule has 5 nitrogen and oxygen atoms in total. The highest BCUT2D eigenvalue weighted by molar-refractivity contribution is 7.90. The van der Waals surface area contributed by atoms with Gasteiger partial charge in [0.05, 0.1) is 23.6 Å². The van der Waals surface area contributed by atoms with E-state index in [0.29, 0.717) is 5.75 Å². The summed E-state index contributed by atoms with van der Waals surface area (Å²) in [5.41, 5.74) is 0.955. The molecule has 0 unspecified atom stereocenters. The predicted molar refractivity (Wildman–Crippen MR) is 88.4 cm³/mol. The normalized spacial score (nSPS) is 12.5. The Balaban J connectivity index is 2.30. The first kappa shape index (κ1) is 17.0. The van der Waals surface area contributed by atoms with Crippen molar-refractivity contribution in [2.75, 3.05) is 13.4 Å². The van der Waals surface area contributed by atoms with Crippen LogP contribution in [0.4, 0.5) is 0 Å². The molecule has 0 aliphatic heterocycles. The van der Waals surface area contributed by atoms with Crippen molar-refractivity contribution in [2.45, 2.75) is 17.9 Å². The summed E-state index contributed by atoms with van der Waals surface area (Å²) >= 11 is 0. The maximum Gasteiger partial charge on any atom is 0.253 e. The molecule has 0 aliphatic rings. The monoisotopic (exact) mass is 333 g/mol. The Morgan fingerprint density at radius 1 is 1.09 bits per heavy atom. The van der Waals surface area contributed by atoms with E-state index in [4.69, 9.17) is 4.74 Å². The molecule has 0 fully saturated rings. The number of para-hydroxylation sites is 1. The molecule has 23 heavy (non-hydrogen) atoms. The molecule has 2 aromatic carbocycles. The number of nitrogens with one attached hydrogen (secondary N) is 1. The third kappa shape index (κ3) is 3.90. The van der Waals surface area contributed by atoms with Gasteiger partial charge in [-0.25, -0.2) is 8.42 Å². The second-order valence-electron chi connectivity index (χ2n) is 5.21. The standard InChI is InChI=1S/C17H19NO4S/c1-12(13-8-4-6-10-15(13)22-2)18-17(19)14-9-5-7-11-16(14)23(3,20)21/h4-12H,1-3H3,(H,18,19)/t12-/m1/s1. The highest BCUT2D eigenvalue weighted by Gasteiger charge is 2.20. The van der Waals surface area contributed by atoms with Gasteiger partial charge >= 0.3 is 0 Å². The van der Waals surface area contributed by atoms with Gasteiger partial charge in [-0.05, 0) is 25.1 Å². The van der Waals surface area contributed by atoms with Crippen LogP contribution < -0.4 is 10.1 Å². The molecule has 2 aromatic rings. The Hall–Kier alpha value is -2.34. The minimum atomic E-state index is -3.48. The fraction of sp³-hybridized carbons (Fsp3) is 0.235. The summed E-state index contributed by atoms with van der Waals surface area (Å²) in [6.07, 6.45) is 1.09. The molecular weight excluding hydrogens is 314 g/mol. The van der Waals surface area contributed by atoms with Crippen molar-refractivity contribution < 1.29 is 17.9 Å². The van der Waals surface area contributed by atoms with Crippen LogP contribution in [0, 0.1) is 0 Å². The van der Waals surface area contributed by atoms with Crippen LogP contribution >= 0.6 is 0 Å². The van der Waals surface area contributed by atoms with Crippen molar-refractivity contribution in [3.8, 4) is 5.75 Å². The van der Waals surface area contributed by atoms with E-state index in [1.807, 2.05) is 31.2 Å². The Kier molecular flexibility index (Phi) is 5.05. The largest absolute Gasteiger partial charge is 0.496 e. The zero-order valence-corrected chi connectivity index (χ0v) is 14.1. The first-order valence-electron chi connectivity index (χ1n) is 7.07. The summed E-state index contributed by atoms with van der Waals surface area (Å²) in [6, 6.07) is 13.2. The lowest BCUT2D eigenvalue weighted by Crippen LogP contribution is -2.28. The average molecular weight is 333 g/mol. The number of rotatable bonds is 5. The molecule has 122 valence electrons. The molecule has 2 rings (SSSR count). The van der Waals surface area contributed by atoms with Crippen molar-refractivity contribution in [3.63, 3.8) is 0 Å². The van der Waals surface area contributed by atoms with Crippen molar-refractivity contribution in [3.05, 3.63) is 59.7 Å². The molecule has 1 atom stereocenters.